The van der Waals surface area contributed by atoms with Gasteiger partial charge in [-0.25, -0.2) is 0 Å². The standard InChI is InChI=1S/C22H27NO5/c1-23-9-8-22-12-18(26-3)16(24)11-14(22)15(23)7-6-13-10-17(25-2)20(27-4)21(28-5)19(13)22/h10-12,15H,6-9H2,1-5H3/t15-,22?/m1/s1/i8T/t8-,15+,22?/m0. The SMILES string of the molecule is [3H][C@H]1CN(C)[C@@H]2CCc3cc(OC)c(OC)c(OC)c3C13C=C(OC)C(=O)C=C23. The molecule has 6 heteroatoms. The number of ether oxygens (including phenoxy) is 4. The van der Waals surface area contributed by atoms with Crippen molar-refractivity contribution in [3.63, 3.8) is 0 Å². The number of nitrogens with zero attached hydrogens (tertiary/aromatic N) is 1. The lowest BCUT2D eigenvalue weighted by molar-refractivity contribution is -0.114. The van der Waals surface area contributed by atoms with Crippen LogP contribution in [0.25, 0.3) is 0 Å². The first-order chi connectivity index (χ1) is 13.9. The van der Waals surface area contributed by atoms with E-state index >= 15 is 0 Å². The monoisotopic (exact) mass is 387 g/mol. The number of carbonyl (C=O) groups is 1. The molecule has 4 rings (SSSR count). The van der Waals surface area contributed by atoms with Crippen molar-refractivity contribution < 1.29 is 25.1 Å². The lowest BCUT2D eigenvalue weighted by atomic mass is 9.64. The molecular formula is C22H27NO5. The Kier molecular flexibility index (Phi) is 4.31. The normalized spacial score (nSPS) is 29.5. The number of fused-ring (bicyclic) bond motifs is 1. The molecule has 0 saturated carbocycles. The molecule has 1 aliphatic heterocycles. The summed E-state index contributed by atoms with van der Waals surface area (Å²) < 4.78 is 31.6. The maximum Gasteiger partial charge on any atom is 0.220 e. The van der Waals surface area contributed by atoms with Crippen molar-refractivity contribution in [1.29, 1.82) is 0 Å². The molecule has 28 heavy (non-hydrogen) atoms. The highest BCUT2D eigenvalue weighted by molar-refractivity contribution is 6.05. The van der Waals surface area contributed by atoms with Gasteiger partial charge in [0.05, 0.1) is 28.4 Å². The van der Waals surface area contributed by atoms with Crippen molar-refractivity contribution in [1.82, 2.24) is 4.90 Å². The lowest BCUT2D eigenvalue weighted by Gasteiger charge is -2.47. The molecule has 1 aromatic carbocycles. The number of piperidine rings is 1. The molecule has 0 amide bonds. The molecule has 1 fully saturated rings. The number of benzene rings is 1. The number of allylic oxidation sites excluding steroid dienone is 2. The summed E-state index contributed by atoms with van der Waals surface area (Å²) in [5, 5.41) is 0. The molecule has 150 valence electrons. The molecule has 0 spiro atoms. The van der Waals surface area contributed by atoms with E-state index in [0.717, 1.165) is 29.5 Å². The van der Waals surface area contributed by atoms with Crippen LogP contribution in [-0.4, -0.2) is 58.8 Å². The lowest BCUT2D eigenvalue weighted by Crippen LogP contribution is -2.49. The van der Waals surface area contributed by atoms with Crippen LogP contribution in [0.15, 0.2) is 29.6 Å². The number of carbonyl (C=O) groups excluding carboxylic acids is 1. The molecule has 0 radical (unpaired) electrons. The van der Waals surface area contributed by atoms with Crippen molar-refractivity contribution in [3.05, 3.63) is 40.7 Å². The summed E-state index contributed by atoms with van der Waals surface area (Å²) in [5.74, 6) is 1.75. The quantitative estimate of drug-likeness (QED) is 0.792. The second-order valence-corrected chi connectivity index (χ2v) is 7.42. The summed E-state index contributed by atoms with van der Waals surface area (Å²) in [5.41, 5.74) is 2.03. The zero-order valence-electron chi connectivity index (χ0n) is 18.0. The maximum atomic E-state index is 12.7. The number of rotatable bonds is 4. The summed E-state index contributed by atoms with van der Waals surface area (Å²) in [6.07, 6.45) is 4.58. The minimum absolute atomic E-state index is 0.0595. The fraction of sp³-hybridized carbons (Fsp3) is 0.500. The summed E-state index contributed by atoms with van der Waals surface area (Å²) in [7, 11) is 8.29. The molecule has 2 aliphatic carbocycles. The predicted octanol–water partition coefficient (Wildman–Crippen LogP) is 2.64. The van der Waals surface area contributed by atoms with Gasteiger partial charge in [-0.15, -0.1) is 0 Å². The molecule has 2 bridgehead atoms. The maximum absolute atomic E-state index is 12.7. The van der Waals surface area contributed by atoms with Gasteiger partial charge in [-0.2, -0.15) is 0 Å². The Morgan fingerprint density at radius 3 is 2.54 bits per heavy atom. The van der Waals surface area contributed by atoms with E-state index in [2.05, 4.69) is 4.90 Å². The zero-order chi connectivity index (χ0) is 20.9. The Morgan fingerprint density at radius 2 is 1.89 bits per heavy atom. The van der Waals surface area contributed by atoms with E-state index in [-0.39, 0.29) is 17.6 Å². The Labute approximate surface area is 167 Å². The highest BCUT2D eigenvalue weighted by atomic mass is 16.5. The van der Waals surface area contributed by atoms with Gasteiger partial charge in [0.1, 0.15) is 0 Å². The minimum Gasteiger partial charge on any atom is -0.493 e. The molecule has 0 N–H and O–H groups in total. The van der Waals surface area contributed by atoms with Crippen LogP contribution in [0.1, 0.15) is 25.3 Å². The van der Waals surface area contributed by atoms with Crippen molar-refractivity contribution in [2.75, 3.05) is 42.0 Å². The van der Waals surface area contributed by atoms with E-state index in [1.54, 1.807) is 27.4 Å². The smallest absolute Gasteiger partial charge is 0.220 e. The van der Waals surface area contributed by atoms with E-state index < -0.39 is 11.8 Å². The number of methoxy groups -OCH3 is 4. The third-order valence-corrected chi connectivity index (χ3v) is 6.19. The zero-order valence-corrected chi connectivity index (χ0v) is 17.0. The van der Waals surface area contributed by atoms with Gasteiger partial charge in [-0.3, -0.25) is 9.69 Å². The molecule has 3 aliphatic rings. The number of hydrogen-bond acceptors (Lipinski definition) is 6. The van der Waals surface area contributed by atoms with E-state index in [9.17, 15) is 4.79 Å². The number of hydrogen-bond donors (Lipinski definition) is 0. The van der Waals surface area contributed by atoms with Gasteiger partial charge < -0.3 is 18.9 Å². The average Bonchev–Trinajstić information content (AvgIpc) is 2.83. The third-order valence-electron chi connectivity index (χ3n) is 6.19. The molecule has 1 heterocycles. The van der Waals surface area contributed by atoms with Crippen LogP contribution < -0.4 is 14.2 Å². The van der Waals surface area contributed by atoms with Crippen molar-refractivity contribution in [2.45, 2.75) is 30.7 Å². The van der Waals surface area contributed by atoms with Crippen molar-refractivity contribution >= 4 is 5.78 Å². The van der Waals surface area contributed by atoms with Gasteiger partial charge in [0.25, 0.3) is 0 Å². The Balaban J connectivity index is 2.12. The van der Waals surface area contributed by atoms with Gasteiger partial charge in [-0.05, 0) is 62.2 Å². The van der Waals surface area contributed by atoms with Crippen molar-refractivity contribution in [2.24, 2.45) is 0 Å². The summed E-state index contributed by atoms with van der Waals surface area (Å²) >= 11 is 0. The molecule has 3 atom stereocenters. The van der Waals surface area contributed by atoms with Gasteiger partial charge >= 0.3 is 0 Å². The Morgan fingerprint density at radius 1 is 1.14 bits per heavy atom. The van der Waals surface area contributed by atoms with Crippen LogP contribution in [0.4, 0.5) is 0 Å². The topological polar surface area (TPSA) is 57.2 Å². The molecule has 1 saturated heterocycles. The molecular weight excluding hydrogens is 358 g/mol. The van der Waals surface area contributed by atoms with Gasteiger partial charge in [0.2, 0.25) is 11.5 Å². The summed E-state index contributed by atoms with van der Waals surface area (Å²) in [4.78, 5) is 14.9. The van der Waals surface area contributed by atoms with E-state index in [0.29, 0.717) is 23.8 Å². The minimum atomic E-state index is -0.826. The van der Waals surface area contributed by atoms with E-state index in [1.807, 2.05) is 19.2 Å². The first-order valence-electron chi connectivity index (χ1n) is 9.98. The summed E-state index contributed by atoms with van der Waals surface area (Å²) in [6, 6.07) is 2.04. The molecule has 6 nitrogen and oxygen atoms in total. The van der Waals surface area contributed by atoms with Crippen LogP contribution in [0.2, 0.25) is 0 Å². The van der Waals surface area contributed by atoms with Crippen LogP contribution in [0.3, 0.4) is 0 Å². The second kappa shape index (κ2) is 6.85. The largest absolute Gasteiger partial charge is 0.493 e. The van der Waals surface area contributed by atoms with Crippen LogP contribution >= 0.6 is 0 Å². The molecule has 1 aromatic rings. The fourth-order valence-electron chi connectivity index (χ4n) is 4.90. The van der Waals surface area contributed by atoms with Crippen LogP contribution in [0, 0.1) is 0 Å². The van der Waals surface area contributed by atoms with Crippen LogP contribution in [-0.2, 0) is 21.4 Å². The first-order valence-corrected chi connectivity index (χ1v) is 9.40. The van der Waals surface area contributed by atoms with Crippen LogP contribution in [0.5, 0.6) is 17.2 Å². The predicted molar refractivity (Wildman–Crippen MR) is 105 cm³/mol. The first kappa shape index (κ1) is 17.6. The fourth-order valence-corrected chi connectivity index (χ4v) is 4.90. The Bertz CT molecular complexity index is 924. The van der Waals surface area contributed by atoms with Gasteiger partial charge in [-0.1, -0.05) is 0 Å². The third kappa shape index (κ3) is 2.47. The van der Waals surface area contributed by atoms with Gasteiger partial charge in [0.15, 0.2) is 17.3 Å². The second-order valence-electron chi connectivity index (χ2n) is 7.42. The van der Waals surface area contributed by atoms with E-state index in [1.165, 1.54) is 7.11 Å². The molecule has 1 unspecified atom stereocenters. The number of likely N-dealkylation sites (N-methyl/N-ethyl adjacent to an activating group) is 1. The summed E-state index contributed by atoms with van der Waals surface area (Å²) in [6.45, 7) is 0.570. The Hall–Kier alpha value is -2.47. The van der Waals surface area contributed by atoms with Crippen molar-refractivity contribution in [3.8, 4) is 17.2 Å². The number of aryl methyl sites for hydroxylation is 1. The number of ketones is 1. The highest BCUT2D eigenvalue weighted by Crippen LogP contribution is 2.56. The van der Waals surface area contributed by atoms with Gasteiger partial charge in [0, 0.05) is 18.4 Å². The highest BCUT2D eigenvalue weighted by Gasteiger charge is 2.51. The average molecular weight is 387 g/mol. The van der Waals surface area contributed by atoms with E-state index in [4.69, 9.17) is 20.3 Å². The molecule has 0 aromatic heterocycles. The number of likely N-dealkylation sites (tertiary alicyclic amines) is 1.